The number of nitrogens with one attached hydrogen (secondary N) is 1. The first kappa shape index (κ1) is 13.9. The van der Waals surface area contributed by atoms with E-state index in [9.17, 15) is 9.59 Å². The average molecular weight is 244 g/mol. The minimum atomic E-state index is -0.951. The molecule has 0 aromatic heterocycles. The van der Waals surface area contributed by atoms with Gasteiger partial charge < -0.3 is 20.9 Å². The van der Waals surface area contributed by atoms with Crippen LogP contribution in [0.2, 0.25) is 0 Å². The summed E-state index contributed by atoms with van der Waals surface area (Å²) < 4.78 is 5.19. The normalized spacial score (nSPS) is 29.1. The molecule has 0 spiro atoms. The highest BCUT2D eigenvalue weighted by Crippen LogP contribution is 2.28. The summed E-state index contributed by atoms with van der Waals surface area (Å²) in [7, 11) is 0. The number of rotatable bonds is 4. The Bertz CT molecular complexity index is 329. The predicted molar refractivity (Wildman–Crippen MR) is 61.4 cm³/mol. The molecule has 4 N–H and O–H groups in total. The van der Waals surface area contributed by atoms with Crippen molar-refractivity contribution in [1.29, 1.82) is 0 Å². The summed E-state index contributed by atoms with van der Waals surface area (Å²) in [6, 6.07) is -0.358. The fourth-order valence-corrected chi connectivity index (χ4v) is 1.80. The lowest BCUT2D eigenvalue weighted by Gasteiger charge is -2.32. The maximum Gasteiger partial charge on any atom is 0.305 e. The smallest absolute Gasteiger partial charge is 0.305 e. The van der Waals surface area contributed by atoms with Gasteiger partial charge in [0.1, 0.15) is 0 Å². The zero-order chi connectivity index (χ0) is 13.3. The van der Waals surface area contributed by atoms with Gasteiger partial charge >= 0.3 is 5.97 Å². The third kappa shape index (κ3) is 3.17. The standard InChI is InChI=1S/C11H20N2O4/c1-10(2,4-8(14)15)13-9(16)11(3)6-17-5-7(11)12/h7H,4-6,12H2,1-3H3,(H,13,16)(H,14,15). The van der Waals surface area contributed by atoms with Crippen LogP contribution in [0.3, 0.4) is 0 Å². The van der Waals surface area contributed by atoms with E-state index in [4.69, 9.17) is 15.6 Å². The third-order valence-electron chi connectivity index (χ3n) is 3.08. The number of amides is 1. The number of ether oxygens (including phenoxy) is 1. The highest BCUT2D eigenvalue weighted by Gasteiger charge is 2.45. The van der Waals surface area contributed by atoms with Crippen molar-refractivity contribution in [3.05, 3.63) is 0 Å². The fourth-order valence-electron chi connectivity index (χ4n) is 1.80. The molecule has 1 amide bonds. The van der Waals surface area contributed by atoms with Gasteiger partial charge in [-0.3, -0.25) is 9.59 Å². The molecule has 1 saturated heterocycles. The lowest BCUT2D eigenvalue weighted by molar-refractivity contribution is -0.139. The summed E-state index contributed by atoms with van der Waals surface area (Å²) >= 11 is 0. The SMILES string of the molecule is CC(C)(CC(=O)O)NC(=O)C1(C)COCC1N. The lowest BCUT2D eigenvalue weighted by atomic mass is 9.83. The Morgan fingerprint density at radius 1 is 1.59 bits per heavy atom. The molecule has 1 fully saturated rings. The van der Waals surface area contributed by atoms with Gasteiger partial charge in [0.15, 0.2) is 0 Å². The largest absolute Gasteiger partial charge is 0.481 e. The van der Waals surface area contributed by atoms with Gasteiger partial charge in [-0.05, 0) is 20.8 Å². The van der Waals surface area contributed by atoms with Crippen LogP contribution in [-0.2, 0) is 14.3 Å². The van der Waals surface area contributed by atoms with Crippen LogP contribution in [0.4, 0.5) is 0 Å². The number of aliphatic carboxylic acids is 1. The minimum Gasteiger partial charge on any atom is -0.481 e. The van der Waals surface area contributed by atoms with Gasteiger partial charge in [0.2, 0.25) is 5.91 Å². The maximum absolute atomic E-state index is 12.1. The van der Waals surface area contributed by atoms with Crippen molar-refractivity contribution in [2.75, 3.05) is 13.2 Å². The second-order valence-electron chi connectivity index (χ2n) is 5.45. The van der Waals surface area contributed by atoms with E-state index in [-0.39, 0.29) is 25.0 Å². The van der Waals surface area contributed by atoms with Gasteiger partial charge in [-0.15, -0.1) is 0 Å². The summed E-state index contributed by atoms with van der Waals surface area (Å²) in [5, 5.41) is 11.5. The maximum atomic E-state index is 12.1. The minimum absolute atomic E-state index is 0.134. The van der Waals surface area contributed by atoms with Gasteiger partial charge in [0.25, 0.3) is 0 Å². The summed E-state index contributed by atoms with van der Waals surface area (Å²) in [6.07, 6.45) is -0.134. The Kier molecular flexibility index (Phi) is 3.78. The second kappa shape index (κ2) is 4.62. The number of nitrogens with two attached hydrogens (primary N) is 1. The third-order valence-corrected chi connectivity index (χ3v) is 3.08. The van der Waals surface area contributed by atoms with E-state index < -0.39 is 16.9 Å². The first-order valence-electron chi connectivity index (χ1n) is 5.55. The molecule has 0 aliphatic carbocycles. The number of carboxylic acid groups (broad SMARTS) is 1. The fraction of sp³-hybridized carbons (Fsp3) is 0.818. The number of hydrogen-bond acceptors (Lipinski definition) is 4. The molecular formula is C11H20N2O4. The van der Waals surface area contributed by atoms with Crippen LogP contribution in [0.5, 0.6) is 0 Å². The van der Waals surface area contributed by atoms with Crippen molar-refractivity contribution in [1.82, 2.24) is 5.32 Å². The molecule has 0 radical (unpaired) electrons. The van der Waals surface area contributed by atoms with Gasteiger partial charge in [0, 0.05) is 11.6 Å². The second-order valence-corrected chi connectivity index (χ2v) is 5.45. The lowest BCUT2D eigenvalue weighted by Crippen LogP contribution is -2.55. The molecule has 6 heteroatoms. The first-order valence-corrected chi connectivity index (χ1v) is 5.55. The molecule has 2 unspecified atom stereocenters. The molecule has 0 saturated carbocycles. The molecule has 1 aliphatic rings. The molecule has 1 heterocycles. The highest BCUT2D eigenvalue weighted by atomic mass is 16.5. The Labute approximate surface area is 101 Å². The van der Waals surface area contributed by atoms with E-state index in [1.54, 1.807) is 20.8 Å². The summed E-state index contributed by atoms with van der Waals surface area (Å²) in [4.78, 5) is 22.8. The first-order chi connectivity index (χ1) is 7.67. The Balaban J connectivity index is 2.68. The number of carbonyl (C=O) groups is 2. The van der Waals surface area contributed by atoms with Crippen molar-refractivity contribution >= 4 is 11.9 Å². The zero-order valence-corrected chi connectivity index (χ0v) is 10.4. The van der Waals surface area contributed by atoms with Crippen LogP contribution < -0.4 is 11.1 Å². The van der Waals surface area contributed by atoms with Crippen molar-refractivity contribution in [2.45, 2.75) is 38.8 Å². The molecule has 2 atom stereocenters. The van der Waals surface area contributed by atoms with E-state index in [0.717, 1.165) is 0 Å². The molecule has 0 aromatic rings. The molecule has 1 rings (SSSR count). The monoisotopic (exact) mass is 244 g/mol. The van der Waals surface area contributed by atoms with E-state index in [2.05, 4.69) is 5.32 Å². The Morgan fingerprint density at radius 2 is 2.18 bits per heavy atom. The van der Waals surface area contributed by atoms with Crippen LogP contribution in [0, 0.1) is 5.41 Å². The molecule has 1 aliphatic heterocycles. The predicted octanol–water partition coefficient (Wildman–Crippen LogP) is -0.280. The van der Waals surface area contributed by atoms with Crippen LogP contribution in [0.15, 0.2) is 0 Å². The van der Waals surface area contributed by atoms with E-state index in [1.807, 2.05) is 0 Å². The summed E-state index contributed by atoms with van der Waals surface area (Å²) in [5.41, 5.74) is 4.25. The van der Waals surface area contributed by atoms with E-state index in [0.29, 0.717) is 6.61 Å². The van der Waals surface area contributed by atoms with Crippen molar-refractivity contribution < 1.29 is 19.4 Å². The molecule has 98 valence electrons. The van der Waals surface area contributed by atoms with Gasteiger partial charge in [-0.1, -0.05) is 0 Å². The topological polar surface area (TPSA) is 102 Å². The Hall–Kier alpha value is -1.14. The van der Waals surface area contributed by atoms with Crippen LogP contribution in [0.25, 0.3) is 0 Å². The van der Waals surface area contributed by atoms with Crippen LogP contribution >= 0.6 is 0 Å². The number of carboxylic acids is 1. The van der Waals surface area contributed by atoms with Crippen LogP contribution in [-0.4, -0.2) is 41.8 Å². The van der Waals surface area contributed by atoms with Gasteiger partial charge in [-0.2, -0.15) is 0 Å². The summed E-state index contributed by atoms with van der Waals surface area (Å²) in [6.45, 7) is 5.69. The molecule has 0 bridgehead atoms. The number of carbonyl (C=O) groups excluding carboxylic acids is 1. The van der Waals surface area contributed by atoms with Crippen molar-refractivity contribution in [3.8, 4) is 0 Å². The Morgan fingerprint density at radius 3 is 2.59 bits per heavy atom. The van der Waals surface area contributed by atoms with Gasteiger partial charge in [-0.25, -0.2) is 0 Å². The summed E-state index contributed by atoms with van der Waals surface area (Å²) in [5.74, 6) is -1.21. The molecular weight excluding hydrogens is 224 g/mol. The van der Waals surface area contributed by atoms with Crippen molar-refractivity contribution in [2.24, 2.45) is 11.1 Å². The quantitative estimate of drug-likeness (QED) is 0.631. The van der Waals surface area contributed by atoms with Gasteiger partial charge in [0.05, 0.1) is 25.0 Å². The highest BCUT2D eigenvalue weighted by molar-refractivity contribution is 5.84. The zero-order valence-electron chi connectivity index (χ0n) is 10.4. The molecule has 0 aromatic carbocycles. The van der Waals surface area contributed by atoms with E-state index >= 15 is 0 Å². The van der Waals surface area contributed by atoms with Crippen molar-refractivity contribution in [3.63, 3.8) is 0 Å². The van der Waals surface area contributed by atoms with E-state index in [1.165, 1.54) is 0 Å². The van der Waals surface area contributed by atoms with Crippen LogP contribution in [0.1, 0.15) is 27.2 Å². The number of hydrogen-bond donors (Lipinski definition) is 3. The average Bonchev–Trinajstić information content (AvgIpc) is 2.45. The molecule has 17 heavy (non-hydrogen) atoms. The molecule has 6 nitrogen and oxygen atoms in total.